The van der Waals surface area contributed by atoms with Crippen LogP contribution in [0.5, 0.6) is 0 Å². The van der Waals surface area contributed by atoms with Crippen molar-refractivity contribution < 1.29 is 14.6 Å². The average molecular weight is 435 g/mol. The topological polar surface area (TPSA) is 80.5 Å². The van der Waals surface area contributed by atoms with Crippen molar-refractivity contribution in [2.45, 2.75) is 31.9 Å². The Bertz CT molecular complexity index is 1040. The van der Waals surface area contributed by atoms with E-state index in [-0.39, 0.29) is 25.2 Å². The Morgan fingerprint density at radius 3 is 2.93 bits per heavy atom. The molecule has 0 aliphatic carbocycles. The number of carboxylic acids is 1. The maximum Gasteiger partial charge on any atom is 0.305 e. The summed E-state index contributed by atoms with van der Waals surface area (Å²) in [5.41, 5.74) is 1.53. The van der Waals surface area contributed by atoms with Gasteiger partial charge in [-0.1, -0.05) is 23.2 Å². The summed E-state index contributed by atoms with van der Waals surface area (Å²) in [5, 5.41) is 10.5. The number of fused-ring (bicyclic) bond motifs is 1. The highest BCUT2D eigenvalue weighted by Gasteiger charge is 2.31. The van der Waals surface area contributed by atoms with E-state index in [9.17, 15) is 4.79 Å². The Morgan fingerprint density at radius 1 is 1.38 bits per heavy atom. The van der Waals surface area contributed by atoms with Crippen LogP contribution in [0.25, 0.3) is 16.6 Å². The number of hydrogen-bond acceptors (Lipinski definition) is 5. The third-order valence-corrected chi connectivity index (χ3v) is 5.91. The molecule has 4 rings (SSSR count). The first kappa shape index (κ1) is 19.9. The number of hydrogen-bond donors (Lipinski definition) is 1. The number of carboxylic acid groups (broad SMARTS) is 1. The monoisotopic (exact) mass is 434 g/mol. The Kier molecular flexibility index (Phi) is 5.63. The van der Waals surface area contributed by atoms with E-state index in [1.165, 1.54) is 0 Å². The van der Waals surface area contributed by atoms with Gasteiger partial charge in [0, 0.05) is 36.4 Å². The van der Waals surface area contributed by atoms with Gasteiger partial charge < -0.3 is 19.3 Å². The fourth-order valence-corrected chi connectivity index (χ4v) is 4.06. The molecule has 1 aromatic carbocycles. The zero-order valence-electron chi connectivity index (χ0n) is 15.8. The molecule has 0 saturated carbocycles. The molecule has 1 aliphatic rings. The summed E-state index contributed by atoms with van der Waals surface area (Å²) < 4.78 is 7.67. The lowest BCUT2D eigenvalue weighted by Gasteiger charge is -2.24. The van der Waals surface area contributed by atoms with E-state index in [1.54, 1.807) is 18.6 Å². The maximum atomic E-state index is 10.7. The van der Waals surface area contributed by atoms with Crippen molar-refractivity contribution in [1.29, 1.82) is 0 Å². The van der Waals surface area contributed by atoms with E-state index in [4.69, 9.17) is 38.0 Å². The summed E-state index contributed by atoms with van der Waals surface area (Å²) in [6, 6.07) is 5.85. The number of imidazole rings is 1. The number of aromatic nitrogens is 3. The number of aliphatic carboxylic acids is 1. The second-order valence-electron chi connectivity index (χ2n) is 7.10. The van der Waals surface area contributed by atoms with Gasteiger partial charge in [-0.2, -0.15) is 0 Å². The second-order valence-corrected chi connectivity index (χ2v) is 7.89. The molecule has 0 spiro atoms. The van der Waals surface area contributed by atoms with Crippen LogP contribution >= 0.6 is 23.2 Å². The molecule has 0 unspecified atom stereocenters. The van der Waals surface area contributed by atoms with Crippen molar-refractivity contribution in [3.8, 4) is 5.69 Å². The summed E-state index contributed by atoms with van der Waals surface area (Å²) in [6.45, 7) is 2.93. The van der Waals surface area contributed by atoms with Crippen molar-refractivity contribution in [2.75, 3.05) is 18.1 Å². The van der Waals surface area contributed by atoms with Gasteiger partial charge in [-0.05, 0) is 25.5 Å². The lowest BCUT2D eigenvalue weighted by Crippen LogP contribution is -2.29. The predicted molar refractivity (Wildman–Crippen MR) is 112 cm³/mol. The van der Waals surface area contributed by atoms with E-state index >= 15 is 0 Å². The lowest BCUT2D eigenvalue weighted by molar-refractivity contribution is -0.138. The van der Waals surface area contributed by atoms with Crippen LogP contribution in [0, 0.1) is 0 Å². The second kappa shape index (κ2) is 8.18. The summed E-state index contributed by atoms with van der Waals surface area (Å²) in [5.74, 6) is -0.0946. The molecule has 1 N–H and O–H groups in total. The van der Waals surface area contributed by atoms with Crippen LogP contribution in [0.3, 0.4) is 0 Å². The van der Waals surface area contributed by atoms with Crippen LogP contribution in [0.15, 0.2) is 36.9 Å². The quantitative estimate of drug-likeness (QED) is 0.626. The van der Waals surface area contributed by atoms with Gasteiger partial charge in [0.15, 0.2) is 0 Å². The summed E-state index contributed by atoms with van der Waals surface area (Å²) >= 11 is 12.7. The molecule has 3 aromatic rings. The predicted octanol–water partition coefficient (Wildman–Crippen LogP) is 4.19. The van der Waals surface area contributed by atoms with Gasteiger partial charge in [0.25, 0.3) is 0 Å². The van der Waals surface area contributed by atoms with Crippen molar-refractivity contribution in [3.05, 3.63) is 47.0 Å². The molecule has 29 heavy (non-hydrogen) atoms. The minimum absolute atomic E-state index is 0.00199. The Balaban J connectivity index is 1.70. The van der Waals surface area contributed by atoms with Crippen molar-refractivity contribution in [2.24, 2.45) is 0 Å². The molecule has 1 fully saturated rings. The highest BCUT2D eigenvalue weighted by Crippen LogP contribution is 2.36. The summed E-state index contributed by atoms with van der Waals surface area (Å²) in [6.07, 6.45) is 6.06. The lowest BCUT2D eigenvalue weighted by atomic mass is 10.1. The molecule has 0 bridgehead atoms. The molecule has 9 heteroatoms. The number of anilines is 1. The van der Waals surface area contributed by atoms with Crippen LogP contribution in [-0.2, 0) is 9.53 Å². The van der Waals surface area contributed by atoms with Gasteiger partial charge >= 0.3 is 5.97 Å². The highest BCUT2D eigenvalue weighted by molar-refractivity contribution is 6.45. The number of nitrogens with zero attached hydrogens (tertiary/aromatic N) is 4. The maximum absolute atomic E-state index is 10.7. The largest absolute Gasteiger partial charge is 0.481 e. The van der Waals surface area contributed by atoms with Gasteiger partial charge in [-0.25, -0.2) is 9.97 Å². The number of ether oxygens (including phenoxy) is 1. The van der Waals surface area contributed by atoms with Crippen LogP contribution in [0.2, 0.25) is 10.0 Å². The molecule has 1 aliphatic heterocycles. The fraction of sp³-hybridized carbons (Fsp3) is 0.350. The van der Waals surface area contributed by atoms with E-state index in [0.717, 1.165) is 23.3 Å². The van der Waals surface area contributed by atoms with Crippen molar-refractivity contribution in [1.82, 2.24) is 14.5 Å². The van der Waals surface area contributed by atoms with Gasteiger partial charge in [-0.15, -0.1) is 0 Å². The van der Waals surface area contributed by atoms with E-state index < -0.39 is 5.97 Å². The van der Waals surface area contributed by atoms with Gasteiger partial charge in [0.2, 0.25) is 0 Å². The molecule has 1 saturated heterocycles. The standard InChI is InChI=1S/C20H20Cl2N4O3/c1-12-8-13(29-7-4-18(27)28)10-26(12)17-9-16(25-6-5-23-11-25)14-2-3-15(21)19(22)20(14)24-17/h2-3,5-6,9,11-13H,4,7-8,10H2,1H3,(H,27,28)/t12-,13+/m1/s1. The van der Waals surface area contributed by atoms with Crippen LogP contribution in [0.4, 0.5) is 5.82 Å². The van der Waals surface area contributed by atoms with Crippen LogP contribution in [-0.4, -0.2) is 50.9 Å². The third-order valence-electron chi connectivity index (χ3n) is 5.12. The molecule has 3 heterocycles. The van der Waals surface area contributed by atoms with Crippen LogP contribution < -0.4 is 4.90 Å². The SMILES string of the molecule is C[C@@H]1C[C@H](OCCC(=O)O)CN1c1cc(-n2ccnc2)c2ccc(Cl)c(Cl)c2n1. The van der Waals surface area contributed by atoms with Gasteiger partial charge in [0.05, 0.1) is 46.7 Å². The van der Waals surface area contributed by atoms with Crippen molar-refractivity contribution >= 4 is 45.9 Å². The van der Waals surface area contributed by atoms with Gasteiger partial charge in [0.1, 0.15) is 5.82 Å². The first-order valence-corrected chi connectivity index (χ1v) is 10.1. The molecule has 2 aromatic heterocycles. The highest BCUT2D eigenvalue weighted by atomic mass is 35.5. The molecular weight excluding hydrogens is 415 g/mol. The Morgan fingerprint density at radius 2 is 2.21 bits per heavy atom. The Hall–Kier alpha value is -2.35. The molecule has 7 nitrogen and oxygen atoms in total. The zero-order valence-corrected chi connectivity index (χ0v) is 17.3. The Labute approximate surface area is 177 Å². The molecule has 0 radical (unpaired) electrons. The fourth-order valence-electron chi connectivity index (χ4n) is 3.70. The average Bonchev–Trinajstić information content (AvgIpc) is 3.34. The molecule has 152 valence electrons. The number of halogens is 2. The van der Waals surface area contributed by atoms with E-state index in [2.05, 4.69) is 16.8 Å². The first-order valence-electron chi connectivity index (χ1n) is 9.31. The summed E-state index contributed by atoms with van der Waals surface area (Å²) in [4.78, 5) is 21.8. The number of rotatable bonds is 6. The molecule has 0 amide bonds. The third kappa shape index (κ3) is 4.03. The first-order chi connectivity index (χ1) is 13.9. The molecule has 2 atom stereocenters. The van der Waals surface area contributed by atoms with Crippen LogP contribution in [0.1, 0.15) is 19.8 Å². The smallest absolute Gasteiger partial charge is 0.305 e. The van der Waals surface area contributed by atoms with Crippen molar-refractivity contribution in [3.63, 3.8) is 0 Å². The minimum atomic E-state index is -0.861. The van der Waals surface area contributed by atoms with Gasteiger partial charge in [-0.3, -0.25) is 4.79 Å². The normalized spacial score (nSPS) is 19.2. The minimum Gasteiger partial charge on any atom is -0.481 e. The zero-order chi connectivity index (χ0) is 20.5. The van der Waals surface area contributed by atoms with E-state index in [1.807, 2.05) is 22.9 Å². The summed E-state index contributed by atoms with van der Waals surface area (Å²) in [7, 11) is 0. The number of benzene rings is 1. The number of carbonyl (C=O) groups is 1. The van der Waals surface area contributed by atoms with E-state index in [0.29, 0.717) is 22.1 Å². The number of pyridine rings is 1. The molecular formula is C20H20Cl2N4O3.